The minimum Gasteiger partial charge on any atom is -0.355 e. The van der Waals surface area contributed by atoms with Gasteiger partial charge in [-0.2, -0.15) is 0 Å². The fourth-order valence-corrected chi connectivity index (χ4v) is 2.25. The van der Waals surface area contributed by atoms with E-state index in [1.165, 1.54) is 12.1 Å². The van der Waals surface area contributed by atoms with Crippen LogP contribution in [0.25, 0.3) is 0 Å². The Labute approximate surface area is 107 Å². The third-order valence-electron chi connectivity index (χ3n) is 3.36. The molecule has 4 heteroatoms. The van der Waals surface area contributed by atoms with Crippen molar-refractivity contribution in [2.24, 2.45) is 0 Å². The number of hydrogen-bond donors (Lipinski definition) is 2. The maximum atomic E-state index is 12.8. The molecule has 1 saturated heterocycles. The molecule has 2 rings (SSSR count). The Morgan fingerprint density at radius 1 is 1.33 bits per heavy atom. The van der Waals surface area contributed by atoms with Gasteiger partial charge in [0.25, 0.3) is 0 Å². The van der Waals surface area contributed by atoms with E-state index in [4.69, 9.17) is 0 Å². The summed E-state index contributed by atoms with van der Waals surface area (Å²) in [5.41, 5.74) is 0.994. The van der Waals surface area contributed by atoms with E-state index in [-0.39, 0.29) is 23.8 Å². The Hall–Kier alpha value is -1.42. The minimum atomic E-state index is -0.238. The predicted octanol–water partition coefficient (Wildman–Crippen LogP) is 2.14. The Morgan fingerprint density at radius 2 is 2.06 bits per heavy atom. The second-order valence-corrected chi connectivity index (χ2v) is 4.78. The first-order valence-corrected chi connectivity index (χ1v) is 6.46. The Bertz CT molecular complexity index is 405. The van der Waals surface area contributed by atoms with Crippen LogP contribution in [-0.2, 0) is 4.79 Å². The molecule has 1 fully saturated rings. The molecule has 0 saturated carbocycles. The van der Waals surface area contributed by atoms with Crippen LogP contribution in [-0.4, -0.2) is 18.5 Å². The SMILES string of the molecule is C[C@H](NC1CCCCNC1=O)c1ccc(F)cc1. The number of halogens is 1. The summed E-state index contributed by atoms with van der Waals surface area (Å²) in [5, 5.41) is 6.21. The average molecular weight is 250 g/mol. The second-order valence-electron chi connectivity index (χ2n) is 4.78. The van der Waals surface area contributed by atoms with E-state index in [2.05, 4.69) is 10.6 Å². The lowest BCUT2D eigenvalue weighted by atomic mass is 10.1. The zero-order valence-electron chi connectivity index (χ0n) is 10.6. The summed E-state index contributed by atoms with van der Waals surface area (Å²) >= 11 is 0. The van der Waals surface area contributed by atoms with Crippen LogP contribution in [0.5, 0.6) is 0 Å². The lowest BCUT2D eigenvalue weighted by molar-refractivity contribution is -0.123. The maximum absolute atomic E-state index is 12.8. The van der Waals surface area contributed by atoms with E-state index in [1.54, 1.807) is 12.1 Å². The van der Waals surface area contributed by atoms with Crippen LogP contribution in [0.2, 0.25) is 0 Å². The second kappa shape index (κ2) is 5.96. The molecule has 1 unspecified atom stereocenters. The molecular formula is C14H19FN2O. The highest BCUT2D eigenvalue weighted by Crippen LogP contribution is 2.16. The Morgan fingerprint density at radius 3 is 2.78 bits per heavy atom. The number of benzene rings is 1. The Kier molecular flexibility index (Phi) is 4.31. The number of carbonyl (C=O) groups excluding carboxylic acids is 1. The molecule has 0 spiro atoms. The molecule has 0 bridgehead atoms. The van der Waals surface area contributed by atoms with Crippen molar-refractivity contribution in [3.8, 4) is 0 Å². The van der Waals surface area contributed by atoms with Gasteiger partial charge in [0, 0.05) is 12.6 Å². The van der Waals surface area contributed by atoms with Crippen LogP contribution in [0.15, 0.2) is 24.3 Å². The van der Waals surface area contributed by atoms with E-state index < -0.39 is 0 Å². The third-order valence-corrected chi connectivity index (χ3v) is 3.36. The van der Waals surface area contributed by atoms with Crippen molar-refractivity contribution < 1.29 is 9.18 Å². The van der Waals surface area contributed by atoms with Gasteiger partial charge in [0.05, 0.1) is 6.04 Å². The van der Waals surface area contributed by atoms with E-state index in [0.29, 0.717) is 0 Å². The lowest BCUT2D eigenvalue weighted by Crippen LogP contribution is -2.43. The van der Waals surface area contributed by atoms with Crippen LogP contribution < -0.4 is 10.6 Å². The minimum absolute atomic E-state index is 0.0412. The largest absolute Gasteiger partial charge is 0.355 e. The number of hydrogen-bond acceptors (Lipinski definition) is 2. The summed E-state index contributed by atoms with van der Waals surface area (Å²) in [6.07, 6.45) is 2.94. The highest BCUT2D eigenvalue weighted by atomic mass is 19.1. The molecule has 3 nitrogen and oxygen atoms in total. The molecule has 98 valence electrons. The molecule has 1 aliphatic heterocycles. The molecule has 1 aromatic rings. The third kappa shape index (κ3) is 3.29. The molecule has 0 aliphatic carbocycles. The zero-order chi connectivity index (χ0) is 13.0. The predicted molar refractivity (Wildman–Crippen MR) is 68.6 cm³/mol. The van der Waals surface area contributed by atoms with E-state index in [0.717, 1.165) is 31.4 Å². The van der Waals surface area contributed by atoms with Gasteiger partial charge in [-0.15, -0.1) is 0 Å². The van der Waals surface area contributed by atoms with Gasteiger partial charge in [0.1, 0.15) is 5.82 Å². The molecule has 1 amide bonds. The summed E-state index contributed by atoms with van der Waals surface area (Å²) in [5.74, 6) is -0.167. The molecule has 2 N–H and O–H groups in total. The molecule has 1 aromatic carbocycles. The number of carbonyl (C=O) groups is 1. The summed E-state index contributed by atoms with van der Waals surface area (Å²) in [6, 6.07) is 6.29. The lowest BCUT2D eigenvalue weighted by Gasteiger charge is -2.21. The number of rotatable bonds is 3. The van der Waals surface area contributed by atoms with Crippen molar-refractivity contribution in [1.29, 1.82) is 0 Å². The molecule has 18 heavy (non-hydrogen) atoms. The molecular weight excluding hydrogens is 231 g/mol. The van der Waals surface area contributed by atoms with E-state index in [1.807, 2.05) is 6.92 Å². The van der Waals surface area contributed by atoms with Crippen LogP contribution in [0, 0.1) is 5.82 Å². The fourth-order valence-electron chi connectivity index (χ4n) is 2.25. The van der Waals surface area contributed by atoms with Gasteiger partial charge in [0.15, 0.2) is 0 Å². The average Bonchev–Trinajstić information content (AvgIpc) is 2.56. The maximum Gasteiger partial charge on any atom is 0.237 e. The first-order valence-electron chi connectivity index (χ1n) is 6.46. The summed E-state index contributed by atoms with van der Waals surface area (Å²) < 4.78 is 12.8. The summed E-state index contributed by atoms with van der Waals surface area (Å²) in [4.78, 5) is 11.8. The summed E-state index contributed by atoms with van der Waals surface area (Å²) in [7, 11) is 0. The smallest absolute Gasteiger partial charge is 0.237 e. The molecule has 0 aromatic heterocycles. The highest BCUT2D eigenvalue weighted by molar-refractivity contribution is 5.81. The van der Waals surface area contributed by atoms with Crippen LogP contribution in [0.3, 0.4) is 0 Å². The highest BCUT2D eigenvalue weighted by Gasteiger charge is 2.22. The summed E-state index contributed by atoms with van der Waals surface area (Å²) in [6.45, 7) is 2.76. The van der Waals surface area contributed by atoms with Crippen molar-refractivity contribution >= 4 is 5.91 Å². The Balaban J connectivity index is 1.99. The zero-order valence-corrected chi connectivity index (χ0v) is 10.6. The van der Waals surface area contributed by atoms with Crippen LogP contribution >= 0.6 is 0 Å². The monoisotopic (exact) mass is 250 g/mol. The van der Waals surface area contributed by atoms with Crippen molar-refractivity contribution in [3.05, 3.63) is 35.6 Å². The van der Waals surface area contributed by atoms with Crippen molar-refractivity contribution in [2.75, 3.05) is 6.54 Å². The van der Waals surface area contributed by atoms with E-state index in [9.17, 15) is 9.18 Å². The van der Waals surface area contributed by atoms with Crippen molar-refractivity contribution in [1.82, 2.24) is 10.6 Å². The fraction of sp³-hybridized carbons (Fsp3) is 0.500. The molecule has 2 atom stereocenters. The van der Waals surface area contributed by atoms with Gasteiger partial charge < -0.3 is 5.32 Å². The standard InChI is InChI=1S/C14H19FN2O/c1-10(11-5-7-12(15)8-6-11)17-13-4-2-3-9-16-14(13)18/h5-8,10,13,17H,2-4,9H2,1H3,(H,16,18)/t10-,13?/m0/s1. The van der Waals surface area contributed by atoms with E-state index >= 15 is 0 Å². The van der Waals surface area contributed by atoms with Gasteiger partial charge in [-0.1, -0.05) is 12.1 Å². The van der Waals surface area contributed by atoms with Gasteiger partial charge in [-0.05, 0) is 43.9 Å². The normalized spacial score (nSPS) is 22.1. The van der Waals surface area contributed by atoms with Crippen molar-refractivity contribution in [3.63, 3.8) is 0 Å². The van der Waals surface area contributed by atoms with Gasteiger partial charge in [-0.25, -0.2) is 4.39 Å². The van der Waals surface area contributed by atoms with Gasteiger partial charge in [0.2, 0.25) is 5.91 Å². The number of amides is 1. The van der Waals surface area contributed by atoms with Crippen LogP contribution in [0.1, 0.15) is 37.8 Å². The topological polar surface area (TPSA) is 41.1 Å². The first kappa shape index (κ1) is 13.0. The quantitative estimate of drug-likeness (QED) is 0.863. The first-order chi connectivity index (χ1) is 8.66. The molecule has 0 radical (unpaired) electrons. The van der Waals surface area contributed by atoms with Gasteiger partial charge in [-0.3, -0.25) is 10.1 Å². The van der Waals surface area contributed by atoms with Gasteiger partial charge >= 0.3 is 0 Å². The molecule has 1 heterocycles. The van der Waals surface area contributed by atoms with Crippen molar-refractivity contribution in [2.45, 2.75) is 38.3 Å². The molecule has 1 aliphatic rings. The number of nitrogens with one attached hydrogen (secondary N) is 2. The van der Waals surface area contributed by atoms with Crippen LogP contribution in [0.4, 0.5) is 4.39 Å².